The van der Waals surface area contributed by atoms with E-state index in [0.29, 0.717) is 23.5 Å². The second-order valence-corrected chi connectivity index (χ2v) is 8.88. The molecule has 0 bridgehead atoms. The average molecular weight is 469 g/mol. The molecule has 0 amide bonds. The smallest absolute Gasteiger partial charge is 0.310 e. The number of nitrogens with one attached hydrogen (secondary N) is 1. The number of carbonyl (C=O) groups is 1. The predicted octanol–water partition coefficient (Wildman–Crippen LogP) is 4.57. The van der Waals surface area contributed by atoms with Crippen molar-refractivity contribution in [3.05, 3.63) is 63.1 Å². The molecular weight excluding hydrogens is 444 g/mol. The third-order valence-corrected chi connectivity index (χ3v) is 6.68. The molecule has 1 unspecified atom stereocenters. The van der Waals surface area contributed by atoms with Crippen molar-refractivity contribution in [2.75, 3.05) is 19.7 Å². The van der Waals surface area contributed by atoms with Crippen LogP contribution in [0.2, 0.25) is 0 Å². The van der Waals surface area contributed by atoms with Gasteiger partial charge in [0.1, 0.15) is 17.9 Å². The summed E-state index contributed by atoms with van der Waals surface area (Å²) in [5, 5.41) is 13.1. The number of piperidine rings is 1. The molecule has 5 nitrogen and oxygen atoms in total. The highest BCUT2D eigenvalue weighted by Gasteiger charge is 2.45. The van der Waals surface area contributed by atoms with E-state index in [0.717, 1.165) is 36.8 Å². The topological polar surface area (TPSA) is 71.4 Å². The monoisotopic (exact) mass is 468 g/mol. The summed E-state index contributed by atoms with van der Waals surface area (Å²) in [5.74, 6) is 0.178. The Morgan fingerprint density at radius 1 is 1.30 bits per heavy atom. The van der Waals surface area contributed by atoms with Gasteiger partial charge in [0.05, 0.1) is 18.6 Å². The molecule has 4 rings (SSSR count). The largest absolute Gasteiger partial charge is 0.484 e. The van der Waals surface area contributed by atoms with Crippen molar-refractivity contribution in [3.63, 3.8) is 0 Å². The number of fused-ring (bicyclic) bond motifs is 2. The minimum atomic E-state index is -0.318. The highest BCUT2D eigenvalue weighted by Crippen LogP contribution is 2.52. The summed E-state index contributed by atoms with van der Waals surface area (Å²) in [6, 6.07) is 14.0. The number of rotatable bonds is 5. The minimum Gasteiger partial charge on any atom is -0.484 e. The number of ether oxygens (including phenoxy) is 2. The van der Waals surface area contributed by atoms with Gasteiger partial charge in [-0.25, -0.2) is 0 Å². The summed E-state index contributed by atoms with van der Waals surface area (Å²) < 4.78 is 12.7. The van der Waals surface area contributed by atoms with Crippen molar-refractivity contribution in [2.24, 2.45) is 0 Å². The highest BCUT2D eigenvalue weighted by atomic mass is 79.9. The van der Waals surface area contributed by atoms with E-state index in [9.17, 15) is 10.1 Å². The van der Waals surface area contributed by atoms with Crippen molar-refractivity contribution in [1.82, 2.24) is 5.32 Å². The zero-order valence-corrected chi connectivity index (χ0v) is 18.6. The van der Waals surface area contributed by atoms with Crippen LogP contribution in [0.3, 0.4) is 0 Å². The Balaban J connectivity index is 1.70. The van der Waals surface area contributed by atoms with E-state index >= 15 is 0 Å². The molecule has 1 N–H and O–H groups in total. The Kier molecular flexibility index (Phi) is 6.12. The quantitative estimate of drug-likeness (QED) is 0.650. The molecule has 6 heteroatoms. The van der Waals surface area contributed by atoms with Crippen LogP contribution in [0.4, 0.5) is 0 Å². The van der Waals surface area contributed by atoms with Crippen molar-refractivity contribution in [1.29, 1.82) is 5.26 Å². The van der Waals surface area contributed by atoms with Crippen molar-refractivity contribution >= 4 is 21.9 Å². The maximum absolute atomic E-state index is 12.1. The first-order valence-corrected chi connectivity index (χ1v) is 11.2. The van der Waals surface area contributed by atoms with E-state index in [4.69, 9.17) is 9.47 Å². The lowest BCUT2D eigenvalue weighted by Gasteiger charge is -2.35. The first-order valence-electron chi connectivity index (χ1n) is 10.4. The fourth-order valence-electron chi connectivity index (χ4n) is 4.80. The zero-order valence-electron chi connectivity index (χ0n) is 17.0. The molecule has 2 aliphatic rings. The summed E-state index contributed by atoms with van der Waals surface area (Å²) in [5.41, 5.74) is 3.74. The van der Waals surface area contributed by atoms with Gasteiger partial charge in [-0.1, -0.05) is 34.1 Å². The number of nitrogens with zero attached hydrogens (tertiary/aromatic N) is 1. The summed E-state index contributed by atoms with van der Waals surface area (Å²) in [6.07, 6.45) is 2.94. The van der Waals surface area contributed by atoms with E-state index in [2.05, 4.69) is 45.5 Å². The number of benzene rings is 2. The maximum atomic E-state index is 12.1. The SMILES string of the molecule is CCOC(=O)Cc1cccc(C#N)c1OC1CC2(CCNCC2)c2ccc(Br)cc21. The third kappa shape index (κ3) is 3.97. The fraction of sp³-hybridized carbons (Fsp3) is 0.417. The molecule has 1 atom stereocenters. The van der Waals surface area contributed by atoms with Crippen molar-refractivity contribution < 1.29 is 14.3 Å². The van der Waals surface area contributed by atoms with Crippen LogP contribution >= 0.6 is 15.9 Å². The van der Waals surface area contributed by atoms with E-state index in [1.807, 2.05) is 6.07 Å². The van der Waals surface area contributed by atoms with Crippen LogP contribution in [0.15, 0.2) is 40.9 Å². The Morgan fingerprint density at radius 3 is 2.83 bits per heavy atom. The van der Waals surface area contributed by atoms with Gasteiger partial charge in [0.2, 0.25) is 0 Å². The molecule has 156 valence electrons. The lowest BCUT2D eigenvalue weighted by molar-refractivity contribution is -0.142. The molecule has 1 aliphatic carbocycles. The standard InChI is InChI=1S/C24H25BrN2O3/c1-2-29-22(28)12-16-4-3-5-17(15-26)23(16)30-21-14-24(8-10-27-11-9-24)20-7-6-18(25)13-19(20)21/h3-7,13,21,27H,2,8-12,14H2,1H3. The van der Waals surface area contributed by atoms with Crippen LogP contribution < -0.4 is 10.1 Å². The van der Waals surface area contributed by atoms with Crippen LogP contribution in [0, 0.1) is 11.3 Å². The second kappa shape index (κ2) is 8.79. The predicted molar refractivity (Wildman–Crippen MR) is 117 cm³/mol. The van der Waals surface area contributed by atoms with Gasteiger partial charge in [0.25, 0.3) is 0 Å². The Morgan fingerprint density at radius 2 is 2.10 bits per heavy atom. The van der Waals surface area contributed by atoms with Crippen molar-refractivity contribution in [2.45, 2.75) is 44.1 Å². The molecule has 1 spiro atoms. The van der Waals surface area contributed by atoms with Gasteiger partial charge in [0.15, 0.2) is 0 Å². The van der Waals surface area contributed by atoms with Gasteiger partial charge in [-0.3, -0.25) is 4.79 Å². The zero-order chi connectivity index (χ0) is 21.1. The molecular formula is C24H25BrN2O3. The number of para-hydroxylation sites is 1. The molecule has 1 heterocycles. The van der Waals surface area contributed by atoms with Crippen LogP contribution in [-0.4, -0.2) is 25.7 Å². The number of esters is 1. The van der Waals surface area contributed by atoms with Gasteiger partial charge in [-0.2, -0.15) is 5.26 Å². The van der Waals surface area contributed by atoms with Crippen LogP contribution in [0.1, 0.15) is 54.5 Å². The molecule has 1 saturated heterocycles. The van der Waals surface area contributed by atoms with E-state index < -0.39 is 0 Å². The van der Waals surface area contributed by atoms with Gasteiger partial charge in [-0.05, 0) is 68.6 Å². The summed E-state index contributed by atoms with van der Waals surface area (Å²) in [7, 11) is 0. The number of hydrogen-bond acceptors (Lipinski definition) is 5. The summed E-state index contributed by atoms with van der Waals surface area (Å²) in [6.45, 7) is 4.09. The van der Waals surface area contributed by atoms with Gasteiger partial charge in [0, 0.05) is 15.5 Å². The van der Waals surface area contributed by atoms with Crippen LogP contribution in [0.25, 0.3) is 0 Å². The Bertz CT molecular complexity index is 992. The first-order chi connectivity index (χ1) is 14.6. The van der Waals surface area contributed by atoms with Crippen LogP contribution in [-0.2, 0) is 21.4 Å². The fourth-order valence-corrected chi connectivity index (χ4v) is 5.18. The lowest BCUT2D eigenvalue weighted by Crippen LogP contribution is -2.38. The normalized spacial score (nSPS) is 19.2. The Labute approximate surface area is 185 Å². The molecule has 0 radical (unpaired) electrons. The number of nitriles is 1. The first kappa shape index (κ1) is 20.9. The van der Waals surface area contributed by atoms with E-state index in [1.54, 1.807) is 19.1 Å². The molecule has 1 aliphatic heterocycles. The lowest BCUT2D eigenvalue weighted by atomic mass is 9.74. The van der Waals surface area contributed by atoms with E-state index in [-0.39, 0.29) is 23.9 Å². The Hall–Kier alpha value is -2.36. The summed E-state index contributed by atoms with van der Waals surface area (Å²) >= 11 is 3.60. The maximum Gasteiger partial charge on any atom is 0.310 e. The van der Waals surface area contributed by atoms with Crippen molar-refractivity contribution in [3.8, 4) is 11.8 Å². The minimum absolute atomic E-state index is 0.0891. The molecule has 0 saturated carbocycles. The molecule has 2 aromatic carbocycles. The molecule has 1 fully saturated rings. The average Bonchev–Trinajstić information content (AvgIpc) is 3.02. The number of carbonyl (C=O) groups excluding carboxylic acids is 1. The highest BCUT2D eigenvalue weighted by molar-refractivity contribution is 9.10. The van der Waals surface area contributed by atoms with Crippen LogP contribution in [0.5, 0.6) is 5.75 Å². The molecule has 0 aromatic heterocycles. The van der Waals surface area contributed by atoms with E-state index in [1.165, 1.54) is 11.1 Å². The number of hydrogen-bond donors (Lipinski definition) is 1. The van der Waals surface area contributed by atoms with Gasteiger partial charge in [-0.15, -0.1) is 0 Å². The molecule has 30 heavy (non-hydrogen) atoms. The van der Waals surface area contributed by atoms with Gasteiger partial charge < -0.3 is 14.8 Å². The molecule has 2 aromatic rings. The second-order valence-electron chi connectivity index (χ2n) is 7.96. The number of halogens is 1. The van der Waals surface area contributed by atoms with Gasteiger partial charge >= 0.3 is 5.97 Å². The summed E-state index contributed by atoms with van der Waals surface area (Å²) in [4.78, 5) is 12.1. The third-order valence-electron chi connectivity index (χ3n) is 6.19.